The molecule has 0 aliphatic heterocycles. The van der Waals surface area contributed by atoms with Crippen LogP contribution in [-0.4, -0.2) is 5.91 Å². The van der Waals surface area contributed by atoms with E-state index < -0.39 is 0 Å². The zero-order chi connectivity index (χ0) is 10.7. The predicted octanol–water partition coefficient (Wildman–Crippen LogP) is 2.43. The van der Waals surface area contributed by atoms with Gasteiger partial charge in [0.15, 0.2) is 0 Å². The molecular weight excluding hydrogens is 291 g/mol. The molecule has 0 unspecified atom stereocenters. The van der Waals surface area contributed by atoms with Crippen LogP contribution in [0.4, 0.5) is 5.69 Å². The summed E-state index contributed by atoms with van der Waals surface area (Å²) in [4.78, 5) is 10.9. The number of aryl methyl sites for hydroxylation is 1. The molecule has 1 amide bonds. The highest BCUT2D eigenvalue weighted by Crippen LogP contribution is 2.22. The van der Waals surface area contributed by atoms with Crippen molar-refractivity contribution in [1.82, 2.24) is 0 Å². The molecule has 0 atom stereocenters. The number of benzene rings is 1. The molecule has 0 aliphatic rings. The van der Waals surface area contributed by atoms with Crippen LogP contribution in [-0.2, 0) is 4.79 Å². The fraction of sp³-hybridized carbons (Fsp3) is 0.200. The van der Waals surface area contributed by atoms with Gasteiger partial charge in [0.25, 0.3) is 0 Å². The van der Waals surface area contributed by atoms with Crippen LogP contribution >= 0.6 is 22.6 Å². The Kier molecular flexibility index (Phi) is 3.47. The topological polar surface area (TPSA) is 52.9 Å². The SMILES string of the molecule is CC(=O)Nc1cc(C)c(C#N)cc1I. The van der Waals surface area contributed by atoms with Crippen molar-refractivity contribution in [2.24, 2.45) is 0 Å². The molecular formula is C10H9IN2O. The van der Waals surface area contributed by atoms with Gasteiger partial charge in [-0.05, 0) is 47.2 Å². The molecule has 4 heteroatoms. The van der Waals surface area contributed by atoms with Crippen LogP contribution < -0.4 is 5.32 Å². The van der Waals surface area contributed by atoms with E-state index >= 15 is 0 Å². The van der Waals surface area contributed by atoms with Crippen LogP contribution in [0.25, 0.3) is 0 Å². The molecule has 3 nitrogen and oxygen atoms in total. The molecule has 0 saturated heterocycles. The van der Waals surface area contributed by atoms with Gasteiger partial charge in [-0.1, -0.05) is 0 Å². The van der Waals surface area contributed by atoms with Gasteiger partial charge in [0.1, 0.15) is 0 Å². The number of anilines is 1. The maximum atomic E-state index is 10.9. The van der Waals surface area contributed by atoms with E-state index in [1.54, 1.807) is 6.07 Å². The molecule has 1 aromatic rings. The van der Waals surface area contributed by atoms with E-state index in [1.165, 1.54) is 6.92 Å². The Morgan fingerprint density at radius 2 is 2.21 bits per heavy atom. The molecule has 1 aromatic carbocycles. The summed E-state index contributed by atoms with van der Waals surface area (Å²) in [5, 5.41) is 11.5. The summed E-state index contributed by atoms with van der Waals surface area (Å²) >= 11 is 2.09. The van der Waals surface area contributed by atoms with E-state index in [4.69, 9.17) is 5.26 Å². The fourth-order valence-corrected chi connectivity index (χ4v) is 1.69. The van der Waals surface area contributed by atoms with Crippen LogP contribution in [0.1, 0.15) is 18.1 Å². The quantitative estimate of drug-likeness (QED) is 0.810. The van der Waals surface area contributed by atoms with Crippen LogP contribution in [0.2, 0.25) is 0 Å². The normalized spacial score (nSPS) is 9.29. The van der Waals surface area contributed by atoms with Gasteiger partial charge in [-0.15, -0.1) is 0 Å². The molecule has 0 saturated carbocycles. The average molecular weight is 300 g/mol. The first-order valence-electron chi connectivity index (χ1n) is 4.02. The molecule has 0 fully saturated rings. The monoisotopic (exact) mass is 300 g/mol. The highest BCUT2D eigenvalue weighted by Gasteiger charge is 2.05. The largest absolute Gasteiger partial charge is 0.325 e. The first kappa shape index (κ1) is 11.0. The molecule has 0 aromatic heterocycles. The van der Waals surface area contributed by atoms with Crippen LogP contribution in [0.15, 0.2) is 12.1 Å². The minimum atomic E-state index is -0.105. The number of carbonyl (C=O) groups is 1. The zero-order valence-corrected chi connectivity index (χ0v) is 10.0. The van der Waals surface area contributed by atoms with Crippen molar-refractivity contribution in [2.45, 2.75) is 13.8 Å². The third-order valence-electron chi connectivity index (χ3n) is 1.75. The Morgan fingerprint density at radius 1 is 1.57 bits per heavy atom. The number of halogens is 1. The Balaban J connectivity index is 3.16. The van der Waals surface area contributed by atoms with Gasteiger partial charge in [-0.3, -0.25) is 4.79 Å². The number of hydrogen-bond acceptors (Lipinski definition) is 2. The van der Waals surface area contributed by atoms with Crippen LogP contribution in [0.3, 0.4) is 0 Å². The third-order valence-corrected chi connectivity index (χ3v) is 2.64. The Morgan fingerprint density at radius 3 is 2.71 bits per heavy atom. The molecule has 0 radical (unpaired) electrons. The third kappa shape index (κ3) is 2.45. The molecule has 0 spiro atoms. The van der Waals surface area contributed by atoms with Crippen molar-refractivity contribution in [3.8, 4) is 6.07 Å². The second kappa shape index (κ2) is 4.42. The van der Waals surface area contributed by atoms with E-state index in [1.807, 2.05) is 13.0 Å². The van der Waals surface area contributed by atoms with E-state index in [0.717, 1.165) is 14.8 Å². The number of rotatable bonds is 1. The summed E-state index contributed by atoms with van der Waals surface area (Å²) in [7, 11) is 0. The predicted molar refractivity (Wildman–Crippen MR) is 62.9 cm³/mol. The van der Waals surface area contributed by atoms with E-state index in [2.05, 4.69) is 34.0 Å². The number of nitrogens with zero attached hydrogens (tertiary/aromatic N) is 1. The van der Waals surface area contributed by atoms with Gasteiger partial charge in [-0.2, -0.15) is 5.26 Å². The van der Waals surface area contributed by atoms with E-state index in [9.17, 15) is 4.79 Å². The number of amides is 1. The molecule has 0 aliphatic carbocycles. The van der Waals surface area contributed by atoms with Gasteiger partial charge >= 0.3 is 0 Å². The van der Waals surface area contributed by atoms with Gasteiger partial charge in [-0.25, -0.2) is 0 Å². The second-order valence-corrected chi connectivity index (χ2v) is 4.10. The lowest BCUT2D eigenvalue weighted by atomic mass is 10.1. The number of carbonyl (C=O) groups excluding carboxylic acids is 1. The number of nitrogens with one attached hydrogen (secondary N) is 1. The zero-order valence-electron chi connectivity index (χ0n) is 7.89. The molecule has 0 heterocycles. The summed E-state index contributed by atoms with van der Waals surface area (Å²) in [6, 6.07) is 5.67. The van der Waals surface area contributed by atoms with Crippen molar-refractivity contribution < 1.29 is 4.79 Å². The Hall–Kier alpha value is -1.09. The van der Waals surface area contributed by atoms with Crippen molar-refractivity contribution in [1.29, 1.82) is 5.26 Å². The lowest BCUT2D eigenvalue weighted by molar-refractivity contribution is -0.114. The lowest BCUT2D eigenvalue weighted by Gasteiger charge is -2.07. The van der Waals surface area contributed by atoms with Gasteiger partial charge in [0.05, 0.1) is 17.3 Å². The minimum Gasteiger partial charge on any atom is -0.325 e. The summed E-state index contributed by atoms with van der Waals surface area (Å²) in [5.41, 5.74) is 2.27. The maximum absolute atomic E-state index is 10.9. The number of hydrogen-bond donors (Lipinski definition) is 1. The fourth-order valence-electron chi connectivity index (χ4n) is 1.09. The average Bonchev–Trinajstić information content (AvgIpc) is 2.10. The highest BCUT2D eigenvalue weighted by atomic mass is 127. The summed E-state index contributed by atoms with van der Waals surface area (Å²) in [6.07, 6.45) is 0. The van der Waals surface area contributed by atoms with Gasteiger partial charge in [0.2, 0.25) is 5.91 Å². The summed E-state index contributed by atoms with van der Waals surface area (Å²) in [6.45, 7) is 3.31. The van der Waals surface area contributed by atoms with Crippen molar-refractivity contribution in [3.63, 3.8) is 0 Å². The highest BCUT2D eigenvalue weighted by molar-refractivity contribution is 14.1. The van der Waals surface area contributed by atoms with Crippen LogP contribution in [0, 0.1) is 21.8 Å². The van der Waals surface area contributed by atoms with Gasteiger partial charge < -0.3 is 5.32 Å². The molecule has 1 N–H and O–H groups in total. The van der Waals surface area contributed by atoms with E-state index in [0.29, 0.717) is 5.56 Å². The molecule has 14 heavy (non-hydrogen) atoms. The van der Waals surface area contributed by atoms with Crippen molar-refractivity contribution in [2.75, 3.05) is 5.32 Å². The molecule has 0 bridgehead atoms. The first-order valence-corrected chi connectivity index (χ1v) is 5.10. The smallest absolute Gasteiger partial charge is 0.221 e. The standard InChI is InChI=1S/C10H9IN2O/c1-6-3-10(13-7(2)14)9(11)4-8(6)5-12/h3-4H,1-2H3,(H,13,14). The van der Waals surface area contributed by atoms with E-state index in [-0.39, 0.29) is 5.91 Å². The minimum absolute atomic E-state index is 0.105. The molecule has 1 rings (SSSR count). The maximum Gasteiger partial charge on any atom is 0.221 e. The van der Waals surface area contributed by atoms with Crippen LogP contribution in [0.5, 0.6) is 0 Å². The van der Waals surface area contributed by atoms with Crippen molar-refractivity contribution in [3.05, 3.63) is 26.8 Å². The summed E-state index contributed by atoms with van der Waals surface area (Å²) in [5.74, 6) is -0.105. The lowest BCUT2D eigenvalue weighted by Crippen LogP contribution is -2.07. The van der Waals surface area contributed by atoms with Gasteiger partial charge in [0, 0.05) is 10.5 Å². The first-order chi connectivity index (χ1) is 6.54. The molecule has 72 valence electrons. The Bertz CT molecular complexity index is 421. The Labute approximate surface area is 96.3 Å². The second-order valence-electron chi connectivity index (χ2n) is 2.94. The number of nitriles is 1. The van der Waals surface area contributed by atoms with Crippen molar-refractivity contribution >= 4 is 34.2 Å². The summed E-state index contributed by atoms with van der Waals surface area (Å²) < 4.78 is 0.875.